The van der Waals surface area contributed by atoms with Crippen LogP contribution in [0.15, 0.2) is 30.3 Å². The molecule has 0 saturated heterocycles. The summed E-state index contributed by atoms with van der Waals surface area (Å²) in [7, 11) is 0. The van der Waals surface area contributed by atoms with Crippen molar-refractivity contribution in [2.75, 3.05) is 12.4 Å². The first kappa shape index (κ1) is 16.3. The first-order valence-electron chi connectivity index (χ1n) is 7.44. The lowest BCUT2D eigenvalue weighted by Gasteiger charge is -2.33. The monoisotopic (exact) mass is 308 g/mol. The Balaban J connectivity index is 2.20. The molecule has 2 atom stereocenters. The Kier molecular flexibility index (Phi) is 5.67. The van der Waals surface area contributed by atoms with Gasteiger partial charge in [0, 0.05) is 23.7 Å². The molecular weight excluding hydrogens is 284 g/mol. The largest absolute Gasteiger partial charge is 0.396 e. The van der Waals surface area contributed by atoms with Gasteiger partial charge in [-0.2, -0.15) is 11.8 Å². The van der Waals surface area contributed by atoms with E-state index in [4.69, 9.17) is 10.8 Å². The lowest BCUT2D eigenvalue weighted by molar-refractivity contribution is -0.124. The summed E-state index contributed by atoms with van der Waals surface area (Å²) in [4.78, 5) is 12.3. The summed E-state index contributed by atoms with van der Waals surface area (Å²) < 4.78 is 0. The van der Waals surface area contributed by atoms with E-state index in [0.29, 0.717) is 17.0 Å². The molecule has 1 aliphatic rings. The van der Waals surface area contributed by atoms with Crippen LogP contribution in [0.3, 0.4) is 0 Å². The quantitative estimate of drug-likeness (QED) is 0.648. The van der Waals surface area contributed by atoms with Crippen molar-refractivity contribution in [1.82, 2.24) is 5.32 Å². The van der Waals surface area contributed by atoms with Crippen molar-refractivity contribution in [3.8, 4) is 0 Å². The summed E-state index contributed by atoms with van der Waals surface area (Å²) in [5.74, 6) is 0.258. The van der Waals surface area contributed by atoms with E-state index in [2.05, 4.69) is 12.2 Å². The highest BCUT2D eigenvalue weighted by Gasteiger charge is 2.42. The van der Waals surface area contributed by atoms with E-state index >= 15 is 0 Å². The molecule has 1 fully saturated rings. The van der Waals surface area contributed by atoms with Crippen molar-refractivity contribution in [3.05, 3.63) is 35.9 Å². The summed E-state index contributed by atoms with van der Waals surface area (Å²) in [5, 5.41) is 12.8. The van der Waals surface area contributed by atoms with Gasteiger partial charge in [0.05, 0.1) is 0 Å². The molecule has 0 bridgehead atoms. The second kappa shape index (κ2) is 7.29. The topological polar surface area (TPSA) is 75.3 Å². The SMILES string of the molecule is CC(CCO)SCC(NC1CC1)(C(N)=O)c1ccccc1. The van der Waals surface area contributed by atoms with Crippen molar-refractivity contribution >= 4 is 17.7 Å². The maximum absolute atomic E-state index is 12.3. The van der Waals surface area contributed by atoms with Crippen LogP contribution in [0.25, 0.3) is 0 Å². The van der Waals surface area contributed by atoms with E-state index in [1.54, 1.807) is 11.8 Å². The van der Waals surface area contributed by atoms with Crippen LogP contribution in [0.2, 0.25) is 0 Å². The smallest absolute Gasteiger partial charge is 0.243 e. The van der Waals surface area contributed by atoms with E-state index in [9.17, 15) is 4.79 Å². The number of carbonyl (C=O) groups excluding carboxylic acids is 1. The van der Waals surface area contributed by atoms with Crippen LogP contribution >= 0.6 is 11.8 Å². The lowest BCUT2D eigenvalue weighted by atomic mass is 9.91. The van der Waals surface area contributed by atoms with Crippen molar-refractivity contribution in [3.63, 3.8) is 0 Å². The van der Waals surface area contributed by atoms with E-state index in [1.807, 2.05) is 30.3 Å². The molecule has 4 N–H and O–H groups in total. The molecule has 1 amide bonds. The Labute approximate surface area is 130 Å². The fraction of sp³-hybridized carbons (Fsp3) is 0.562. The molecule has 21 heavy (non-hydrogen) atoms. The van der Waals surface area contributed by atoms with E-state index in [-0.39, 0.29) is 12.5 Å². The molecule has 2 unspecified atom stereocenters. The number of nitrogens with two attached hydrogens (primary N) is 1. The van der Waals surface area contributed by atoms with Crippen molar-refractivity contribution < 1.29 is 9.90 Å². The molecule has 116 valence electrons. The Bertz CT molecular complexity index is 465. The van der Waals surface area contributed by atoms with Gasteiger partial charge in [-0.25, -0.2) is 0 Å². The van der Waals surface area contributed by atoms with Gasteiger partial charge in [-0.15, -0.1) is 0 Å². The number of amides is 1. The highest BCUT2D eigenvalue weighted by atomic mass is 32.2. The fourth-order valence-corrected chi connectivity index (χ4v) is 3.52. The molecule has 1 aliphatic carbocycles. The molecule has 1 saturated carbocycles. The lowest BCUT2D eigenvalue weighted by Crippen LogP contribution is -2.55. The van der Waals surface area contributed by atoms with Gasteiger partial charge in [0.2, 0.25) is 5.91 Å². The average Bonchev–Trinajstić information content (AvgIpc) is 3.28. The van der Waals surface area contributed by atoms with Gasteiger partial charge in [-0.1, -0.05) is 37.3 Å². The maximum Gasteiger partial charge on any atom is 0.243 e. The summed E-state index contributed by atoms with van der Waals surface area (Å²) in [5.41, 5.74) is 5.88. The highest BCUT2D eigenvalue weighted by Crippen LogP contribution is 2.33. The predicted octanol–water partition coefficient (Wildman–Crippen LogP) is 1.62. The fourth-order valence-electron chi connectivity index (χ4n) is 2.32. The number of aliphatic hydroxyl groups excluding tert-OH is 1. The Morgan fingerprint density at radius 2 is 2.14 bits per heavy atom. The van der Waals surface area contributed by atoms with Crippen LogP contribution in [0.4, 0.5) is 0 Å². The van der Waals surface area contributed by atoms with Gasteiger partial charge in [-0.05, 0) is 24.8 Å². The zero-order valence-electron chi connectivity index (χ0n) is 12.4. The number of hydrogen-bond donors (Lipinski definition) is 3. The highest BCUT2D eigenvalue weighted by molar-refractivity contribution is 7.99. The van der Waals surface area contributed by atoms with Gasteiger partial charge in [0.25, 0.3) is 0 Å². The molecule has 0 aliphatic heterocycles. The number of benzene rings is 1. The van der Waals surface area contributed by atoms with Gasteiger partial charge in [0.15, 0.2) is 0 Å². The summed E-state index contributed by atoms with van der Waals surface area (Å²) in [6, 6.07) is 10.1. The Morgan fingerprint density at radius 1 is 1.48 bits per heavy atom. The number of hydrogen-bond acceptors (Lipinski definition) is 4. The molecule has 0 heterocycles. The summed E-state index contributed by atoms with van der Waals surface area (Å²) in [6.45, 7) is 2.23. The Hall–Kier alpha value is -1.04. The van der Waals surface area contributed by atoms with E-state index in [0.717, 1.165) is 24.8 Å². The number of aliphatic hydroxyl groups is 1. The molecule has 2 rings (SSSR count). The number of rotatable bonds is 9. The Morgan fingerprint density at radius 3 is 2.67 bits per heavy atom. The minimum atomic E-state index is -0.823. The van der Waals surface area contributed by atoms with Crippen LogP contribution in [0, 0.1) is 0 Å². The summed E-state index contributed by atoms with van der Waals surface area (Å²) >= 11 is 1.68. The van der Waals surface area contributed by atoms with Crippen molar-refractivity contribution in [2.24, 2.45) is 5.73 Å². The van der Waals surface area contributed by atoms with Crippen LogP contribution in [0.1, 0.15) is 31.7 Å². The molecule has 1 aromatic carbocycles. The third-order valence-electron chi connectivity index (χ3n) is 3.84. The minimum absolute atomic E-state index is 0.166. The first-order chi connectivity index (χ1) is 10.1. The van der Waals surface area contributed by atoms with Gasteiger partial charge in [0.1, 0.15) is 5.54 Å². The van der Waals surface area contributed by atoms with E-state index in [1.165, 1.54) is 0 Å². The van der Waals surface area contributed by atoms with Crippen LogP contribution in [0.5, 0.6) is 0 Å². The van der Waals surface area contributed by atoms with Crippen molar-refractivity contribution in [2.45, 2.75) is 43.0 Å². The van der Waals surface area contributed by atoms with Crippen LogP contribution < -0.4 is 11.1 Å². The van der Waals surface area contributed by atoms with Crippen molar-refractivity contribution in [1.29, 1.82) is 0 Å². The zero-order valence-corrected chi connectivity index (χ0v) is 13.2. The normalized spacial score (nSPS) is 19.0. The minimum Gasteiger partial charge on any atom is -0.396 e. The number of carbonyl (C=O) groups is 1. The zero-order chi connectivity index (χ0) is 15.3. The summed E-state index contributed by atoms with van der Waals surface area (Å²) in [6.07, 6.45) is 2.91. The molecule has 0 aromatic heterocycles. The van der Waals surface area contributed by atoms with Crippen LogP contribution in [-0.2, 0) is 10.3 Å². The third kappa shape index (κ3) is 4.22. The van der Waals surface area contributed by atoms with E-state index < -0.39 is 5.54 Å². The van der Waals surface area contributed by atoms with Gasteiger partial charge < -0.3 is 10.8 Å². The molecule has 4 nitrogen and oxygen atoms in total. The standard InChI is InChI=1S/C16H24N2O2S/c1-12(9-10-19)21-11-16(15(17)20,18-14-7-8-14)13-5-3-2-4-6-13/h2-6,12,14,18-19H,7-11H2,1H3,(H2,17,20). The number of thioether (sulfide) groups is 1. The van der Waals surface area contributed by atoms with Crippen LogP contribution in [-0.4, -0.2) is 34.7 Å². The second-order valence-corrected chi connectivity index (χ2v) is 7.11. The maximum atomic E-state index is 12.3. The van der Waals surface area contributed by atoms with Gasteiger partial charge >= 0.3 is 0 Å². The molecule has 0 radical (unpaired) electrons. The predicted molar refractivity (Wildman–Crippen MR) is 87.1 cm³/mol. The first-order valence-corrected chi connectivity index (χ1v) is 8.49. The molecule has 1 aromatic rings. The third-order valence-corrected chi connectivity index (χ3v) is 5.24. The number of nitrogens with one attached hydrogen (secondary N) is 1. The average molecular weight is 308 g/mol. The van der Waals surface area contributed by atoms with Gasteiger partial charge in [-0.3, -0.25) is 10.1 Å². The molecule has 5 heteroatoms. The molecule has 0 spiro atoms. The number of primary amides is 1. The molecular formula is C16H24N2O2S. The second-order valence-electron chi connectivity index (χ2n) is 5.69.